The van der Waals surface area contributed by atoms with Gasteiger partial charge in [0.05, 0.1) is 18.8 Å². The number of aliphatic hydroxyl groups is 2. The highest BCUT2D eigenvalue weighted by Crippen LogP contribution is 2.39. The van der Waals surface area contributed by atoms with Gasteiger partial charge in [0, 0.05) is 0 Å². The summed E-state index contributed by atoms with van der Waals surface area (Å²) in [6, 6.07) is 0. The molecular weight excluding hydrogens is 384 g/mol. The predicted molar refractivity (Wildman–Crippen MR) is 139 cm³/mol. The third-order valence-electron chi connectivity index (χ3n) is 6.57. The van der Waals surface area contributed by atoms with E-state index in [2.05, 4.69) is 79.7 Å². The Kier molecular flexibility index (Phi) is 20.9. The molecule has 0 aromatic heterocycles. The number of aliphatic hydroxyl groups excluding tert-OH is 2. The van der Waals surface area contributed by atoms with Crippen molar-refractivity contribution in [2.24, 2.45) is 23.7 Å². The molecule has 31 heavy (non-hydrogen) atoms. The van der Waals surface area contributed by atoms with Crippen molar-refractivity contribution in [1.29, 1.82) is 0 Å². The smallest absolute Gasteiger partial charge is 0.110 e. The highest BCUT2D eigenvalue weighted by atomic mass is 16.6. The highest BCUT2D eigenvalue weighted by Gasteiger charge is 2.50. The van der Waals surface area contributed by atoms with E-state index >= 15 is 0 Å². The van der Waals surface area contributed by atoms with Crippen LogP contribution in [0.5, 0.6) is 0 Å². The summed E-state index contributed by atoms with van der Waals surface area (Å²) >= 11 is 0. The van der Waals surface area contributed by atoms with Crippen LogP contribution in [0.3, 0.4) is 0 Å². The summed E-state index contributed by atoms with van der Waals surface area (Å²) in [6.45, 7) is 17.9. The van der Waals surface area contributed by atoms with Crippen LogP contribution in [0.1, 0.15) is 95.9 Å². The molecule has 3 nitrogen and oxygen atoms in total. The summed E-state index contributed by atoms with van der Waals surface area (Å²) in [4.78, 5) is 0. The molecule has 186 valence electrons. The fourth-order valence-corrected chi connectivity index (χ4v) is 3.05. The van der Waals surface area contributed by atoms with Crippen molar-refractivity contribution >= 4 is 0 Å². The first kappa shape index (κ1) is 34.7. The molecular formula is C28H56O3. The van der Waals surface area contributed by atoms with Crippen LogP contribution in [0, 0.1) is 23.7 Å². The Hall–Kier alpha value is -0.900. The van der Waals surface area contributed by atoms with Gasteiger partial charge in [0.1, 0.15) is 6.10 Å². The molecule has 1 aliphatic rings. The highest BCUT2D eigenvalue weighted by molar-refractivity contribution is 5.06. The van der Waals surface area contributed by atoms with Crippen LogP contribution >= 0.6 is 0 Å². The number of allylic oxidation sites excluding steroid dienone is 4. The van der Waals surface area contributed by atoms with E-state index in [1.165, 1.54) is 18.4 Å². The van der Waals surface area contributed by atoms with Crippen molar-refractivity contribution < 1.29 is 14.9 Å². The summed E-state index contributed by atoms with van der Waals surface area (Å²) in [7, 11) is 0. The quantitative estimate of drug-likeness (QED) is 0.243. The van der Waals surface area contributed by atoms with Gasteiger partial charge in [-0.1, -0.05) is 105 Å². The third-order valence-corrected chi connectivity index (χ3v) is 6.57. The summed E-state index contributed by atoms with van der Waals surface area (Å²) in [5, 5.41) is 17.6. The molecule has 1 fully saturated rings. The van der Waals surface area contributed by atoms with Gasteiger partial charge < -0.3 is 14.9 Å². The van der Waals surface area contributed by atoms with Gasteiger partial charge in [0.25, 0.3) is 0 Å². The molecule has 0 aliphatic carbocycles. The monoisotopic (exact) mass is 440 g/mol. The molecule has 0 unspecified atom stereocenters. The van der Waals surface area contributed by atoms with Crippen molar-refractivity contribution in [2.45, 2.75) is 108 Å². The van der Waals surface area contributed by atoms with Gasteiger partial charge in [0.15, 0.2) is 0 Å². The van der Waals surface area contributed by atoms with Crippen molar-refractivity contribution in [3.8, 4) is 0 Å². The minimum absolute atomic E-state index is 0. The maximum absolute atomic E-state index is 8.93. The van der Waals surface area contributed by atoms with Gasteiger partial charge in [-0.25, -0.2) is 0 Å². The maximum atomic E-state index is 8.93. The van der Waals surface area contributed by atoms with Gasteiger partial charge in [-0.05, 0) is 50.4 Å². The molecule has 0 aromatic rings. The first-order valence-electron chi connectivity index (χ1n) is 11.5. The standard InChI is InChI=1S/C13H24O2.C13H24O.2CH4/c1-5-10(2)11(3)7-6-8-13(4)12(9-14)15-13;1-5-12(3)13(4)8-6-7-11(2)9-10-14;;/h6-7,10-12,14H,5,8-9H2,1-4H3;6,8-9,12-14H,5,7,10H2,1-4H3;2*1H4/b7-6+;8-6+,11-9+;;/t10-,11-,12+,13+;12-,13-;;/m00../s1. The average molecular weight is 441 g/mol. The predicted octanol–water partition coefficient (Wildman–Crippen LogP) is 7.59. The van der Waals surface area contributed by atoms with Crippen LogP contribution in [0.4, 0.5) is 0 Å². The molecule has 1 heterocycles. The van der Waals surface area contributed by atoms with E-state index in [1.54, 1.807) is 0 Å². The van der Waals surface area contributed by atoms with Gasteiger partial charge in [-0.3, -0.25) is 0 Å². The zero-order chi connectivity index (χ0) is 22.4. The summed E-state index contributed by atoms with van der Waals surface area (Å²) in [5.41, 5.74) is 1.14. The molecule has 1 rings (SSSR count). The minimum Gasteiger partial charge on any atom is -0.394 e. The molecule has 6 atom stereocenters. The van der Waals surface area contributed by atoms with Crippen LogP contribution < -0.4 is 0 Å². The lowest BCUT2D eigenvalue weighted by Crippen LogP contribution is -2.11. The van der Waals surface area contributed by atoms with Gasteiger partial charge in [-0.2, -0.15) is 0 Å². The number of ether oxygens (including phenoxy) is 1. The number of hydrogen-bond acceptors (Lipinski definition) is 3. The van der Waals surface area contributed by atoms with Crippen LogP contribution in [-0.4, -0.2) is 35.1 Å². The van der Waals surface area contributed by atoms with E-state index in [0.29, 0.717) is 11.8 Å². The lowest BCUT2D eigenvalue weighted by Gasteiger charge is -2.13. The molecule has 3 heteroatoms. The molecule has 1 aliphatic heterocycles. The second kappa shape index (κ2) is 18.7. The number of rotatable bonds is 12. The van der Waals surface area contributed by atoms with Crippen molar-refractivity contribution in [2.75, 3.05) is 13.2 Å². The molecule has 0 bridgehead atoms. The lowest BCUT2D eigenvalue weighted by atomic mass is 9.92. The van der Waals surface area contributed by atoms with Crippen LogP contribution in [0.25, 0.3) is 0 Å². The second-order valence-electron chi connectivity index (χ2n) is 9.09. The molecule has 2 N–H and O–H groups in total. The van der Waals surface area contributed by atoms with E-state index in [9.17, 15) is 0 Å². The molecule has 0 aromatic carbocycles. The Morgan fingerprint density at radius 1 is 0.935 bits per heavy atom. The van der Waals surface area contributed by atoms with E-state index in [-0.39, 0.29) is 39.8 Å². The van der Waals surface area contributed by atoms with Crippen LogP contribution in [0.15, 0.2) is 36.0 Å². The Bertz CT molecular complexity index is 508. The Balaban J connectivity index is -0.000000477. The summed E-state index contributed by atoms with van der Waals surface area (Å²) in [6.07, 6.45) is 15.2. The first-order chi connectivity index (χ1) is 13.6. The van der Waals surface area contributed by atoms with Gasteiger partial charge >= 0.3 is 0 Å². The van der Waals surface area contributed by atoms with Crippen LogP contribution in [-0.2, 0) is 4.74 Å². The Morgan fingerprint density at radius 2 is 1.42 bits per heavy atom. The van der Waals surface area contributed by atoms with Crippen LogP contribution in [0.2, 0.25) is 0 Å². The van der Waals surface area contributed by atoms with Crippen molar-refractivity contribution in [1.82, 2.24) is 0 Å². The lowest BCUT2D eigenvalue weighted by molar-refractivity contribution is 0.237. The zero-order valence-corrected chi connectivity index (χ0v) is 20.3. The first-order valence-corrected chi connectivity index (χ1v) is 11.5. The second-order valence-corrected chi connectivity index (χ2v) is 9.09. The molecule has 0 radical (unpaired) electrons. The maximum Gasteiger partial charge on any atom is 0.110 e. The fraction of sp³-hybridized carbons (Fsp3) is 0.786. The topological polar surface area (TPSA) is 53.0 Å². The molecule has 0 amide bonds. The molecule has 0 spiro atoms. The molecule has 0 saturated carbocycles. The fourth-order valence-electron chi connectivity index (χ4n) is 3.05. The van der Waals surface area contributed by atoms with E-state index in [1.807, 2.05) is 6.08 Å². The van der Waals surface area contributed by atoms with Gasteiger partial charge in [0.2, 0.25) is 0 Å². The summed E-state index contributed by atoms with van der Waals surface area (Å²) in [5.74, 6) is 2.78. The molecule has 1 saturated heterocycles. The van der Waals surface area contributed by atoms with Crippen molar-refractivity contribution in [3.05, 3.63) is 36.0 Å². The van der Waals surface area contributed by atoms with Gasteiger partial charge in [-0.15, -0.1) is 0 Å². The zero-order valence-electron chi connectivity index (χ0n) is 20.3. The Morgan fingerprint density at radius 3 is 1.81 bits per heavy atom. The average Bonchev–Trinajstić information content (AvgIpc) is 3.37. The van der Waals surface area contributed by atoms with E-state index in [4.69, 9.17) is 14.9 Å². The normalized spacial score (nSPS) is 24.5. The summed E-state index contributed by atoms with van der Waals surface area (Å²) < 4.78 is 5.42. The number of hydrogen-bond donors (Lipinski definition) is 2. The number of epoxide rings is 1. The minimum atomic E-state index is -0.0968. The Labute approximate surface area is 195 Å². The van der Waals surface area contributed by atoms with E-state index < -0.39 is 0 Å². The van der Waals surface area contributed by atoms with E-state index in [0.717, 1.165) is 24.7 Å². The van der Waals surface area contributed by atoms with Crippen molar-refractivity contribution in [3.63, 3.8) is 0 Å². The largest absolute Gasteiger partial charge is 0.394 e. The third kappa shape index (κ3) is 14.7. The SMILES string of the molecule is C.C.CC[C@H](C)[C@@H](C)/C=C/C/C(C)=C/CO.CC[C@H](C)[C@@H](C)/C=C/C[C@@]1(C)O[C@@H]1CO.